The number of nitrogens with two attached hydrogens (primary N) is 1. The molecule has 0 aromatic heterocycles. The average molecular weight is 307 g/mol. The van der Waals surface area contributed by atoms with E-state index in [1.165, 1.54) is 12.1 Å². The highest BCUT2D eigenvalue weighted by Gasteiger charge is 2.16. The van der Waals surface area contributed by atoms with E-state index in [0.29, 0.717) is 5.02 Å². The number of rotatable bonds is 4. The molecular formula is C14H11ClN2O4. The lowest BCUT2D eigenvalue weighted by atomic mass is 10.2. The van der Waals surface area contributed by atoms with Gasteiger partial charge in [-0.15, -0.1) is 0 Å². The molecule has 0 spiro atoms. The van der Waals surface area contributed by atoms with E-state index >= 15 is 0 Å². The van der Waals surface area contributed by atoms with E-state index in [2.05, 4.69) is 0 Å². The minimum absolute atomic E-state index is 0.00532. The van der Waals surface area contributed by atoms with E-state index < -0.39 is 10.9 Å². The highest BCUT2D eigenvalue weighted by Crippen LogP contribution is 2.23. The molecule has 0 unspecified atom stereocenters. The maximum absolute atomic E-state index is 11.9. The lowest BCUT2D eigenvalue weighted by Crippen LogP contribution is -2.06. The minimum atomic E-state index is -0.659. The molecule has 0 bridgehead atoms. The van der Waals surface area contributed by atoms with Gasteiger partial charge in [0, 0.05) is 11.1 Å². The van der Waals surface area contributed by atoms with E-state index in [1.54, 1.807) is 24.3 Å². The average Bonchev–Trinajstić information content (AvgIpc) is 2.46. The zero-order valence-corrected chi connectivity index (χ0v) is 11.5. The number of carbonyl (C=O) groups excluding carboxylic acids is 1. The van der Waals surface area contributed by atoms with Gasteiger partial charge in [-0.25, -0.2) is 4.79 Å². The van der Waals surface area contributed by atoms with E-state index in [4.69, 9.17) is 22.1 Å². The van der Waals surface area contributed by atoms with Gasteiger partial charge < -0.3 is 10.5 Å². The third kappa shape index (κ3) is 3.70. The van der Waals surface area contributed by atoms with Gasteiger partial charge in [0.05, 0.1) is 10.5 Å². The molecule has 0 aliphatic heterocycles. The fourth-order valence-electron chi connectivity index (χ4n) is 1.64. The number of benzene rings is 2. The number of nitro benzene ring substituents is 1. The lowest BCUT2D eigenvalue weighted by Gasteiger charge is -2.06. The smallest absolute Gasteiger partial charge is 0.338 e. The van der Waals surface area contributed by atoms with E-state index in [0.717, 1.165) is 11.6 Å². The molecule has 2 aromatic carbocycles. The zero-order valence-electron chi connectivity index (χ0n) is 10.8. The molecule has 0 aliphatic rings. The van der Waals surface area contributed by atoms with E-state index in [1.807, 2.05) is 0 Å². The van der Waals surface area contributed by atoms with Crippen LogP contribution in [-0.4, -0.2) is 10.9 Å². The van der Waals surface area contributed by atoms with E-state index in [-0.39, 0.29) is 23.5 Å². The number of nitro groups is 1. The number of hydrogen-bond acceptors (Lipinski definition) is 5. The maximum Gasteiger partial charge on any atom is 0.338 e. The van der Waals surface area contributed by atoms with Crippen molar-refractivity contribution in [3.05, 3.63) is 68.7 Å². The number of nitrogens with zero attached hydrogens (tertiary/aromatic N) is 1. The monoisotopic (exact) mass is 306 g/mol. The fraction of sp³-hybridized carbons (Fsp3) is 0.0714. The van der Waals surface area contributed by atoms with Crippen LogP contribution in [0.3, 0.4) is 0 Å². The lowest BCUT2D eigenvalue weighted by molar-refractivity contribution is -0.383. The topological polar surface area (TPSA) is 95.5 Å². The highest BCUT2D eigenvalue weighted by molar-refractivity contribution is 6.30. The molecule has 0 amide bonds. The summed E-state index contributed by atoms with van der Waals surface area (Å²) >= 11 is 5.75. The van der Waals surface area contributed by atoms with Crippen LogP contribution in [-0.2, 0) is 11.3 Å². The van der Waals surface area contributed by atoms with Crippen molar-refractivity contribution in [1.82, 2.24) is 0 Å². The fourth-order valence-corrected chi connectivity index (χ4v) is 1.77. The molecule has 2 aromatic rings. The summed E-state index contributed by atoms with van der Waals surface area (Å²) in [5, 5.41) is 11.4. The Kier molecular flexibility index (Phi) is 4.39. The molecule has 108 valence electrons. The Hall–Kier alpha value is -2.60. The summed E-state index contributed by atoms with van der Waals surface area (Å²) in [5.41, 5.74) is 5.97. The first-order chi connectivity index (χ1) is 9.97. The van der Waals surface area contributed by atoms with Crippen LogP contribution in [0.25, 0.3) is 0 Å². The number of hydrogen-bond donors (Lipinski definition) is 1. The summed E-state index contributed by atoms with van der Waals surface area (Å²) in [6.45, 7) is 0.0498. The van der Waals surface area contributed by atoms with Gasteiger partial charge in [0.1, 0.15) is 12.3 Å². The van der Waals surface area contributed by atoms with Crippen LogP contribution in [0, 0.1) is 10.1 Å². The summed E-state index contributed by atoms with van der Waals surface area (Å²) in [7, 11) is 0. The Labute approximate surface area is 125 Å². The molecule has 21 heavy (non-hydrogen) atoms. The first-order valence-corrected chi connectivity index (χ1v) is 6.30. The molecular weight excluding hydrogens is 296 g/mol. The second-order valence-electron chi connectivity index (χ2n) is 4.23. The zero-order chi connectivity index (χ0) is 15.4. The van der Waals surface area contributed by atoms with Crippen LogP contribution in [0.2, 0.25) is 5.02 Å². The Morgan fingerprint density at radius 1 is 1.24 bits per heavy atom. The SMILES string of the molecule is Nc1ccc(C(=O)OCc2ccc(Cl)cc2)cc1[N+](=O)[O-]. The van der Waals surface area contributed by atoms with Crippen LogP contribution in [0.5, 0.6) is 0 Å². The van der Waals surface area contributed by atoms with Crippen LogP contribution < -0.4 is 5.73 Å². The van der Waals surface area contributed by atoms with Crippen molar-refractivity contribution >= 4 is 28.9 Å². The second-order valence-corrected chi connectivity index (χ2v) is 4.67. The van der Waals surface area contributed by atoms with E-state index in [9.17, 15) is 14.9 Å². The number of nitrogen functional groups attached to an aromatic ring is 1. The molecule has 0 heterocycles. The number of anilines is 1. The predicted octanol–water partition coefficient (Wildman–Crippen LogP) is 3.19. The second kappa shape index (κ2) is 6.23. The first kappa shape index (κ1) is 14.8. The van der Waals surface area contributed by atoms with Crippen molar-refractivity contribution in [1.29, 1.82) is 0 Å². The molecule has 0 aliphatic carbocycles. The summed E-state index contributed by atoms with van der Waals surface area (Å²) < 4.78 is 5.08. The summed E-state index contributed by atoms with van der Waals surface area (Å²) in [4.78, 5) is 22.0. The molecule has 0 radical (unpaired) electrons. The van der Waals surface area contributed by atoms with Crippen molar-refractivity contribution < 1.29 is 14.5 Å². The van der Waals surface area contributed by atoms with Crippen molar-refractivity contribution in [3.8, 4) is 0 Å². The molecule has 0 saturated heterocycles. The quantitative estimate of drug-likeness (QED) is 0.405. The summed E-state index contributed by atoms with van der Waals surface area (Å²) in [6.07, 6.45) is 0. The summed E-state index contributed by atoms with van der Waals surface area (Å²) in [5.74, 6) is -0.659. The van der Waals surface area contributed by atoms with Crippen LogP contribution in [0.15, 0.2) is 42.5 Å². The van der Waals surface area contributed by atoms with Gasteiger partial charge in [-0.3, -0.25) is 10.1 Å². The third-order valence-electron chi connectivity index (χ3n) is 2.75. The summed E-state index contributed by atoms with van der Waals surface area (Å²) in [6, 6.07) is 10.6. The molecule has 6 nitrogen and oxygen atoms in total. The Balaban J connectivity index is 2.08. The molecule has 7 heteroatoms. The number of carbonyl (C=O) groups is 1. The van der Waals surface area contributed by atoms with Crippen molar-refractivity contribution in [2.75, 3.05) is 5.73 Å². The van der Waals surface area contributed by atoms with Crippen molar-refractivity contribution in [3.63, 3.8) is 0 Å². The molecule has 0 saturated carbocycles. The Bertz CT molecular complexity index is 686. The Morgan fingerprint density at radius 2 is 1.90 bits per heavy atom. The number of halogens is 1. The predicted molar refractivity (Wildman–Crippen MR) is 78.1 cm³/mol. The standard InChI is InChI=1S/C14H11ClN2O4/c15-11-4-1-9(2-5-11)8-21-14(18)10-3-6-12(16)13(7-10)17(19)20/h1-7H,8,16H2. The third-order valence-corrected chi connectivity index (χ3v) is 3.00. The number of ether oxygens (including phenoxy) is 1. The normalized spacial score (nSPS) is 10.1. The van der Waals surface area contributed by atoms with Gasteiger partial charge in [0.2, 0.25) is 0 Å². The first-order valence-electron chi connectivity index (χ1n) is 5.93. The molecule has 2 rings (SSSR count). The van der Waals surface area contributed by atoms with Crippen LogP contribution in [0.1, 0.15) is 15.9 Å². The van der Waals surface area contributed by atoms with Gasteiger partial charge in [-0.05, 0) is 29.8 Å². The van der Waals surface area contributed by atoms with Crippen molar-refractivity contribution in [2.24, 2.45) is 0 Å². The molecule has 0 fully saturated rings. The Morgan fingerprint density at radius 3 is 2.52 bits per heavy atom. The van der Waals surface area contributed by atoms with Crippen LogP contribution >= 0.6 is 11.6 Å². The van der Waals surface area contributed by atoms with Gasteiger partial charge >= 0.3 is 5.97 Å². The largest absolute Gasteiger partial charge is 0.457 e. The van der Waals surface area contributed by atoms with Crippen molar-refractivity contribution in [2.45, 2.75) is 6.61 Å². The molecule has 2 N–H and O–H groups in total. The van der Waals surface area contributed by atoms with Gasteiger partial charge in [-0.2, -0.15) is 0 Å². The van der Waals surface area contributed by atoms with Gasteiger partial charge in [0.15, 0.2) is 0 Å². The highest BCUT2D eigenvalue weighted by atomic mass is 35.5. The molecule has 0 atom stereocenters. The van der Waals surface area contributed by atoms with Gasteiger partial charge in [-0.1, -0.05) is 23.7 Å². The maximum atomic E-state index is 11.9. The number of esters is 1. The van der Waals surface area contributed by atoms with Gasteiger partial charge in [0.25, 0.3) is 5.69 Å². The van der Waals surface area contributed by atoms with Crippen LogP contribution in [0.4, 0.5) is 11.4 Å². The minimum Gasteiger partial charge on any atom is -0.457 e.